The van der Waals surface area contributed by atoms with Crippen molar-refractivity contribution in [3.63, 3.8) is 0 Å². The lowest BCUT2D eigenvalue weighted by atomic mass is 9.93. The molecule has 0 fully saturated rings. The summed E-state index contributed by atoms with van der Waals surface area (Å²) in [5.74, 6) is 0. The quantitative estimate of drug-likeness (QED) is 0.336. The minimum absolute atomic E-state index is 0.663. The zero-order valence-corrected chi connectivity index (χ0v) is 17.2. The molecule has 0 amide bonds. The number of furan rings is 1. The second-order valence-electron chi connectivity index (χ2n) is 7.73. The number of hydrogen-bond donors (Lipinski definition) is 0. The molecule has 0 radical (unpaired) electrons. The predicted molar refractivity (Wildman–Crippen MR) is 120 cm³/mol. The van der Waals surface area contributed by atoms with Gasteiger partial charge in [-0.15, -0.1) is 0 Å². The van der Waals surface area contributed by atoms with E-state index in [1.807, 2.05) is 62.6 Å². The number of aryl methyl sites for hydroxylation is 3. The fraction of sp³-hybridized carbons (Fsp3) is 0.111. The summed E-state index contributed by atoms with van der Waals surface area (Å²) in [5.41, 5.74) is 8.44. The molecule has 0 unspecified atom stereocenters. The SMILES string of the molecule is Cc1cc2c(oc3c(-c4cccc[n+]4C)c(C)ccc32)c(-c2ccccc2)c1C#N. The largest absolute Gasteiger partial charge is 0.454 e. The van der Waals surface area contributed by atoms with Crippen LogP contribution in [0.2, 0.25) is 0 Å². The number of pyridine rings is 1. The van der Waals surface area contributed by atoms with Crippen molar-refractivity contribution in [3.8, 4) is 28.5 Å². The molecule has 5 aromatic rings. The molecule has 0 bridgehead atoms. The summed E-state index contributed by atoms with van der Waals surface area (Å²) < 4.78 is 8.70. The third-order valence-corrected chi connectivity index (χ3v) is 5.82. The molecule has 2 heterocycles. The Labute approximate surface area is 175 Å². The lowest BCUT2D eigenvalue weighted by Crippen LogP contribution is -2.30. The van der Waals surface area contributed by atoms with Gasteiger partial charge in [-0.1, -0.05) is 42.5 Å². The van der Waals surface area contributed by atoms with Gasteiger partial charge in [0, 0.05) is 28.5 Å². The molecule has 0 aliphatic carbocycles. The van der Waals surface area contributed by atoms with Crippen molar-refractivity contribution in [2.75, 3.05) is 0 Å². The van der Waals surface area contributed by atoms with Crippen LogP contribution in [0.5, 0.6) is 0 Å². The van der Waals surface area contributed by atoms with Crippen LogP contribution in [0.25, 0.3) is 44.3 Å². The molecule has 0 saturated carbocycles. The lowest BCUT2D eigenvalue weighted by Gasteiger charge is -2.08. The standard InChI is InChI=1S/C27H21N2O/c1-17-12-13-20-21-15-18(2)22(16-28)25(19-9-5-4-6-10-19)27(21)30-26(20)24(17)23-11-7-8-14-29(23)3/h4-15H,1-3H3/q+1. The van der Waals surface area contributed by atoms with Gasteiger partial charge in [0.1, 0.15) is 24.3 Å². The Morgan fingerprint density at radius 3 is 2.27 bits per heavy atom. The monoisotopic (exact) mass is 389 g/mol. The minimum atomic E-state index is 0.663. The number of rotatable bonds is 2. The van der Waals surface area contributed by atoms with E-state index in [2.05, 4.69) is 41.8 Å². The highest BCUT2D eigenvalue weighted by Gasteiger charge is 2.23. The maximum absolute atomic E-state index is 9.91. The van der Waals surface area contributed by atoms with Crippen molar-refractivity contribution in [3.05, 3.63) is 89.6 Å². The van der Waals surface area contributed by atoms with Crippen molar-refractivity contribution < 1.29 is 8.98 Å². The summed E-state index contributed by atoms with van der Waals surface area (Å²) in [4.78, 5) is 0. The molecule has 0 aliphatic heterocycles. The topological polar surface area (TPSA) is 40.8 Å². The first kappa shape index (κ1) is 18.1. The Bertz CT molecular complexity index is 1470. The molecule has 3 aromatic carbocycles. The first-order chi connectivity index (χ1) is 14.6. The summed E-state index contributed by atoms with van der Waals surface area (Å²) >= 11 is 0. The number of fused-ring (bicyclic) bond motifs is 3. The number of nitriles is 1. The van der Waals surface area contributed by atoms with Crippen LogP contribution in [0.15, 0.2) is 77.3 Å². The van der Waals surface area contributed by atoms with Crippen molar-refractivity contribution in [2.24, 2.45) is 7.05 Å². The lowest BCUT2D eigenvalue weighted by molar-refractivity contribution is -0.660. The highest BCUT2D eigenvalue weighted by molar-refractivity contribution is 6.14. The van der Waals surface area contributed by atoms with Gasteiger partial charge in [-0.25, -0.2) is 4.57 Å². The molecule has 0 aliphatic rings. The third-order valence-electron chi connectivity index (χ3n) is 5.82. The molecule has 30 heavy (non-hydrogen) atoms. The number of nitrogens with zero attached hydrogens (tertiary/aromatic N) is 2. The normalized spacial score (nSPS) is 11.1. The fourth-order valence-corrected chi connectivity index (χ4v) is 4.33. The van der Waals surface area contributed by atoms with Gasteiger partial charge in [0.15, 0.2) is 6.20 Å². The molecule has 3 heteroatoms. The van der Waals surface area contributed by atoms with Gasteiger partial charge < -0.3 is 4.42 Å². The first-order valence-electron chi connectivity index (χ1n) is 10.00. The smallest absolute Gasteiger partial charge is 0.216 e. The van der Waals surface area contributed by atoms with Gasteiger partial charge in [-0.3, -0.25) is 0 Å². The molecular formula is C27H21N2O+. The van der Waals surface area contributed by atoms with Gasteiger partial charge in [0.25, 0.3) is 0 Å². The van der Waals surface area contributed by atoms with E-state index < -0.39 is 0 Å². The molecule has 2 aromatic heterocycles. The van der Waals surface area contributed by atoms with Crippen molar-refractivity contribution >= 4 is 21.9 Å². The second kappa shape index (κ2) is 6.86. The first-order valence-corrected chi connectivity index (χ1v) is 10.00. The number of hydrogen-bond acceptors (Lipinski definition) is 2. The molecule has 0 atom stereocenters. The van der Waals surface area contributed by atoms with E-state index in [-0.39, 0.29) is 0 Å². The Morgan fingerprint density at radius 1 is 0.800 bits per heavy atom. The van der Waals surface area contributed by atoms with Crippen LogP contribution in [0, 0.1) is 25.2 Å². The number of aromatic nitrogens is 1. The van der Waals surface area contributed by atoms with Gasteiger partial charge >= 0.3 is 0 Å². The van der Waals surface area contributed by atoms with Crippen molar-refractivity contribution in [1.82, 2.24) is 0 Å². The van der Waals surface area contributed by atoms with Gasteiger partial charge in [-0.2, -0.15) is 5.26 Å². The van der Waals surface area contributed by atoms with E-state index in [1.165, 1.54) is 0 Å². The molecular weight excluding hydrogens is 368 g/mol. The second-order valence-corrected chi connectivity index (χ2v) is 7.73. The summed E-state index contributed by atoms with van der Waals surface area (Å²) in [6, 6.07) is 25.0. The average molecular weight is 389 g/mol. The van der Waals surface area contributed by atoms with E-state index in [9.17, 15) is 5.26 Å². The molecule has 0 saturated heterocycles. The summed E-state index contributed by atoms with van der Waals surface area (Å²) in [5, 5.41) is 12.0. The van der Waals surface area contributed by atoms with Crippen LogP contribution in [-0.4, -0.2) is 0 Å². The van der Waals surface area contributed by atoms with E-state index >= 15 is 0 Å². The van der Waals surface area contributed by atoms with Crippen molar-refractivity contribution in [2.45, 2.75) is 13.8 Å². The van der Waals surface area contributed by atoms with Crippen LogP contribution in [-0.2, 0) is 7.05 Å². The fourth-order valence-electron chi connectivity index (χ4n) is 4.33. The van der Waals surface area contributed by atoms with Crippen LogP contribution in [0.1, 0.15) is 16.7 Å². The highest BCUT2D eigenvalue weighted by Crippen LogP contribution is 2.42. The molecule has 5 rings (SSSR count). The maximum atomic E-state index is 9.91. The Kier molecular flexibility index (Phi) is 4.15. The Balaban J connectivity index is 1.97. The zero-order valence-electron chi connectivity index (χ0n) is 17.2. The Hall–Kier alpha value is -3.90. The predicted octanol–water partition coefficient (Wildman–Crippen LogP) is 6.23. The van der Waals surface area contributed by atoms with E-state index in [0.717, 1.165) is 55.4 Å². The van der Waals surface area contributed by atoms with Crippen LogP contribution in [0.4, 0.5) is 0 Å². The molecule has 144 valence electrons. The molecule has 0 N–H and O–H groups in total. The summed E-state index contributed by atoms with van der Waals surface area (Å²) in [7, 11) is 2.05. The van der Waals surface area contributed by atoms with Crippen LogP contribution < -0.4 is 4.57 Å². The average Bonchev–Trinajstić information content (AvgIpc) is 3.12. The third kappa shape index (κ3) is 2.62. The van der Waals surface area contributed by atoms with Gasteiger partial charge in [0.2, 0.25) is 5.69 Å². The maximum Gasteiger partial charge on any atom is 0.216 e. The van der Waals surface area contributed by atoms with Crippen LogP contribution >= 0.6 is 0 Å². The number of benzene rings is 3. The molecule has 0 spiro atoms. The van der Waals surface area contributed by atoms with Crippen molar-refractivity contribution in [1.29, 1.82) is 5.26 Å². The van der Waals surface area contributed by atoms with Gasteiger partial charge in [0.05, 0.1) is 11.1 Å². The summed E-state index contributed by atoms with van der Waals surface area (Å²) in [6.07, 6.45) is 2.05. The van der Waals surface area contributed by atoms with Gasteiger partial charge in [-0.05, 0) is 42.7 Å². The van der Waals surface area contributed by atoms with E-state index in [0.29, 0.717) is 5.56 Å². The Morgan fingerprint density at radius 2 is 1.53 bits per heavy atom. The highest BCUT2D eigenvalue weighted by atomic mass is 16.3. The minimum Gasteiger partial charge on any atom is -0.454 e. The van der Waals surface area contributed by atoms with Crippen LogP contribution in [0.3, 0.4) is 0 Å². The summed E-state index contributed by atoms with van der Waals surface area (Å²) in [6.45, 7) is 4.11. The molecule has 3 nitrogen and oxygen atoms in total. The zero-order chi connectivity index (χ0) is 20.8. The van der Waals surface area contributed by atoms with E-state index in [1.54, 1.807) is 0 Å². The van der Waals surface area contributed by atoms with E-state index in [4.69, 9.17) is 4.42 Å².